The number of ether oxygens (including phenoxy) is 3. The Balaban J connectivity index is 1.66. The zero-order valence-corrected chi connectivity index (χ0v) is 24.1. The van der Waals surface area contributed by atoms with E-state index in [9.17, 15) is 4.79 Å². The third kappa shape index (κ3) is 8.29. The number of amides is 1. The number of carbonyl (C=O) groups is 1. The van der Waals surface area contributed by atoms with Crippen molar-refractivity contribution in [3.05, 3.63) is 47.5 Å². The van der Waals surface area contributed by atoms with Crippen LogP contribution in [0, 0.1) is 0 Å². The maximum Gasteiger partial charge on any atom is 0.226 e. The van der Waals surface area contributed by atoms with E-state index in [4.69, 9.17) is 14.2 Å². The summed E-state index contributed by atoms with van der Waals surface area (Å²) in [4.78, 5) is 19.5. The van der Waals surface area contributed by atoms with E-state index in [0.29, 0.717) is 13.0 Å². The Morgan fingerprint density at radius 2 is 1.74 bits per heavy atom. The van der Waals surface area contributed by atoms with Crippen LogP contribution in [0.4, 0.5) is 5.69 Å². The van der Waals surface area contributed by atoms with Crippen LogP contribution < -0.4 is 19.1 Å². The van der Waals surface area contributed by atoms with E-state index in [-0.39, 0.29) is 5.91 Å². The normalized spacial score (nSPS) is 13.9. The van der Waals surface area contributed by atoms with Crippen molar-refractivity contribution in [1.82, 2.24) is 9.80 Å². The Morgan fingerprint density at radius 1 is 0.921 bits per heavy atom. The van der Waals surface area contributed by atoms with Crippen molar-refractivity contribution in [3.8, 4) is 17.2 Å². The van der Waals surface area contributed by atoms with Crippen molar-refractivity contribution in [2.75, 3.05) is 58.6 Å². The highest BCUT2D eigenvalue weighted by molar-refractivity contribution is 5.79. The van der Waals surface area contributed by atoms with Crippen LogP contribution in [0.1, 0.15) is 64.0 Å². The smallest absolute Gasteiger partial charge is 0.226 e. The van der Waals surface area contributed by atoms with Crippen molar-refractivity contribution in [2.24, 2.45) is 0 Å². The van der Waals surface area contributed by atoms with Gasteiger partial charge in [0.25, 0.3) is 0 Å². The number of anilines is 1. The van der Waals surface area contributed by atoms with Crippen LogP contribution in [-0.4, -0.2) is 69.4 Å². The van der Waals surface area contributed by atoms with E-state index in [1.165, 1.54) is 12.8 Å². The van der Waals surface area contributed by atoms with Gasteiger partial charge in [-0.15, -0.1) is 0 Å². The van der Waals surface area contributed by atoms with Crippen LogP contribution in [0.15, 0.2) is 36.4 Å². The average Bonchev–Trinajstić information content (AvgIpc) is 2.94. The molecule has 0 bridgehead atoms. The molecule has 1 amide bonds. The number of unbranched alkanes of at least 4 members (excludes halogenated alkanes) is 2. The SMILES string of the molecule is CCCCCOc1cc(N2CCCN(Cc3ccc(CC(=O)N(CC)CCC)cc3OC)C2)ccc1OC. The van der Waals surface area contributed by atoms with Crippen LogP contribution in [-0.2, 0) is 17.8 Å². The molecule has 0 unspecified atom stereocenters. The number of nitrogens with zero attached hydrogens (tertiary/aromatic N) is 3. The van der Waals surface area contributed by atoms with Crippen LogP contribution in [0.2, 0.25) is 0 Å². The molecule has 0 radical (unpaired) electrons. The molecular formula is C31H47N3O4. The number of likely N-dealkylation sites (N-methyl/N-ethyl adjacent to an activating group) is 1. The van der Waals surface area contributed by atoms with E-state index >= 15 is 0 Å². The van der Waals surface area contributed by atoms with Crippen molar-refractivity contribution in [2.45, 2.75) is 65.8 Å². The predicted octanol–water partition coefficient (Wildman–Crippen LogP) is 5.74. The molecule has 3 rings (SSSR count). The number of benzene rings is 2. The second kappa shape index (κ2) is 15.5. The molecule has 7 heteroatoms. The topological polar surface area (TPSA) is 54.5 Å². The number of hydrogen-bond acceptors (Lipinski definition) is 6. The highest BCUT2D eigenvalue weighted by atomic mass is 16.5. The summed E-state index contributed by atoms with van der Waals surface area (Å²) < 4.78 is 17.4. The highest BCUT2D eigenvalue weighted by Gasteiger charge is 2.21. The van der Waals surface area contributed by atoms with Gasteiger partial charge in [-0.3, -0.25) is 9.69 Å². The van der Waals surface area contributed by atoms with Crippen LogP contribution in [0.5, 0.6) is 17.2 Å². The first-order valence-corrected chi connectivity index (χ1v) is 14.2. The van der Waals surface area contributed by atoms with Gasteiger partial charge in [0.1, 0.15) is 5.75 Å². The van der Waals surface area contributed by atoms with Gasteiger partial charge in [-0.2, -0.15) is 0 Å². The first-order chi connectivity index (χ1) is 18.5. The minimum Gasteiger partial charge on any atom is -0.496 e. The lowest BCUT2D eigenvalue weighted by Crippen LogP contribution is -2.44. The first-order valence-electron chi connectivity index (χ1n) is 14.2. The van der Waals surface area contributed by atoms with E-state index in [1.54, 1.807) is 14.2 Å². The summed E-state index contributed by atoms with van der Waals surface area (Å²) in [5.74, 6) is 2.60. The van der Waals surface area contributed by atoms with Gasteiger partial charge in [-0.1, -0.05) is 38.8 Å². The summed E-state index contributed by atoms with van der Waals surface area (Å²) in [6, 6.07) is 12.5. The standard InChI is InChI=1S/C31H47N3O4/c1-6-9-10-19-38-30-22-27(14-15-28(30)36-4)34-18-11-17-32(24-34)23-26-13-12-25(20-29(26)37-5)21-31(35)33(8-3)16-7-2/h12-15,20,22H,6-11,16-19,21,23-24H2,1-5H3. The molecule has 210 valence electrons. The van der Waals surface area contributed by atoms with Gasteiger partial charge >= 0.3 is 0 Å². The van der Waals surface area contributed by atoms with Crippen molar-refractivity contribution < 1.29 is 19.0 Å². The fraction of sp³-hybridized carbons (Fsp3) is 0.581. The number of rotatable bonds is 15. The fourth-order valence-corrected chi connectivity index (χ4v) is 5.00. The Labute approximate surface area is 229 Å². The lowest BCUT2D eigenvalue weighted by molar-refractivity contribution is -0.130. The van der Waals surface area contributed by atoms with E-state index < -0.39 is 0 Å². The van der Waals surface area contributed by atoms with Gasteiger partial charge in [0.05, 0.1) is 33.9 Å². The van der Waals surface area contributed by atoms with Gasteiger partial charge in [0.15, 0.2) is 11.5 Å². The van der Waals surface area contributed by atoms with Gasteiger partial charge < -0.3 is 24.0 Å². The zero-order valence-electron chi connectivity index (χ0n) is 24.1. The molecule has 0 spiro atoms. The maximum absolute atomic E-state index is 12.7. The Morgan fingerprint density at radius 3 is 2.45 bits per heavy atom. The van der Waals surface area contributed by atoms with Crippen molar-refractivity contribution in [3.63, 3.8) is 0 Å². The Bertz CT molecular complexity index is 1010. The molecule has 7 nitrogen and oxygen atoms in total. The number of methoxy groups -OCH3 is 2. The van der Waals surface area contributed by atoms with Crippen molar-refractivity contribution >= 4 is 11.6 Å². The summed E-state index contributed by atoms with van der Waals surface area (Å²) in [5.41, 5.74) is 3.28. The fourth-order valence-electron chi connectivity index (χ4n) is 5.00. The lowest BCUT2D eigenvalue weighted by Gasteiger charge is -2.37. The largest absolute Gasteiger partial charge is 0.496 e. The zero-order chi connectivity index (χ0) is 27.3. The Kier molecular flexibility index (Phi) is 12.1. The minimum absolute atomic E-state index is 0.170. The summed E-state index contributed by atoms with van der Waals surface area (Å²) >= 11 is 0. The summed E-state index contributed by atoms with van der Waals surface area (Å²) in [6.45, 7) is 12.2. The molecule has 1 heterocycles. The molecular weight excluding hydrogens is 478 g/mol. The Hall–Kier alpha value is -2.93. The second-order valence-electron chi connectivity index (χ2n) is 10.00. The van der Waals surface area contributed by atoms with Crippen molar-refractivity contribution in [1.29, 1.82) is 0 Å². The van der Waals surface area contributed by atoms with Gasteiger partial charge in [0.2, 0.25) is 5.91 Å². The molecule has 38 heavy (non-hydrogen) atoms. The summed E-state index contributed by atoms with van der Waals surface area (Å²) in [7, 11) is 3.40. The molecule has 1 aliphatic heterocycles. The second-order valence-corrected chi connectivity index (χ2v) is 10.00. The third-order valence-electron chi connectivity index (χ3n) is 7.12. The minimum atomic E-state index is 0.170. The number of carbonyl (C=O) groups excluding carboxylic acids is 1. The molecule has 0 saturated carbocycles. The molecule has 0 N–H and O–H groups in total. The van der Waals surface area contributed by atoms with Gasteiger partial charge in [-0.25, -0.2) is 0 Å². The quantitative estimate of drug-likeness (QED) is 0.276. The molecule has 2 aromatic carbocycles. The molecule has 1 aliphatic rings. The van der Waals surface area contributed by atoms with Gasteiger partial charge in [0, 0.05) is 50.0 Å². The molecule has 1 fully saturated rings. The summed E-state index contributed by atoms with van der Waals surface area (Å²) in [5, 5.41) is 0. The van der Waals surface area contributed by atoms with Crippen LogP contribution in [0.25, 0.3) is 0 Å². The van der Waals surface area contributed by atoms with Gasteiger partial charge in [-0.05, 0) is 49.9 Å². The third-order valence-corrected chi connectivity index (χ3v) is 7.12. The average molecular weight is 526 g/mol. The molecule has 0 aliphatic carbocycles. The number of hydrogen-bond donors (Lipinski definition) is 0. The monoisotopic (exact) mass is 525 g/mol. The van der Waals surface area contributed by atoms with E-state index in [2.05, 4.69) is 47.9 Å². The van der Waals surface area contributed by atoms with Crippen LogP contribution in [0.3, 0.4) is 0 Å². The molecule has 1 saturated heterocycles. The predicted molar refractivity (Wildman–Crippen MR) is 154 cm³/mol. The first kappa shape index (κ1) is 29.6. The van der Waals surface area contributed by atoms with E-state index in [0.717, 1.165) is 92.7 Å². The molecule has 0 aromatic heterocycles. The lowest BCUT2D eigenvalue weighted by atomic mass is 10.1. The van der Waals surface area contributed by atoms with Crippen LogP contribution >= 0.6 is 0 Å². The summed E-state index contributed by atoms with van der Waals surface area (Å²) in [6.07, 6.45) is 5.84. The van der Waals surface area contributed by atoms with E-state index in [1.807, 2.05) is 24.0 Å². The molecule has 2 aromatic rings. The maximum atomic E-state index is 12.7. The highest BCUT2D eigenvalue weighted by Crippen LogP contribution is 2.33. The molecule has 0 atom stereocenters.